The van der Waals surface area contributed by atoms with Crippen LogP contribution < -0.4 is 4.74 Å². The number of allylic oxidation sites excluding steroid dienone is 2. The molecule has 0 unspecified atom stereocenters. The van der Waals surface area contributed by atoms with Gasteiger partial charge in [0, 0.05) is 31.9 Å². The average molecular weight is 542 g/mol. The molecule has 0 fully saturated rings. The van der Waals surface area contributed by atoms with Gasteiger partial charge in [-0.25, -0.2) is 0 Å². The number of aryl methyl sites for hydroxylation is 2. The van der Waals surface area contributed by atoms with Crippen molar-refractivity contribution in [3.8, 4) is 26.6 Å². The normalized spacial score (nSPS) is 13.4. The molecule has 0 radical (unpaired) electrons. The molecular weight excluding hydrogens is 503 g/mol. The van der Waals surface area contributed by atoms with Gasteiger partial charge in [-0.05, 0) is 121 Å². The molecule has 198 valence electrons. The number of rotatable bonds is 12. The lowest BCUT2D eigenvalue weighted by atomic mass is 9.97. The van der Waals surface area contributed by atoms with E-state index < -0.39 is 0 Å². The Morgan fingerprint density at radius 2 is 1.26 bits per heavy atom. The van der Waals surface area contributed by atoms with E-state index in [0.29, 0.717) is 0 Å². The van der Waals surface area contributed by atoms with Crippen LogP contribution in [-0.4, -0.2) is 11.6 Å². The molecule has 1 aliphatic carbocycles. The summed E-state index contributed by atoms with van der Waals surface area (Å²) in [5, 5.41) is 0. The Kier molecular flexibility index (Phi) is 9.14. The lowest BCUT2D eigenvalue weighted by molar-refractivity contribution is 0.304. The highest BCUT2D eigenvalue weighted by molar-refractivity contribution is 7.16. The van der Waals surface area contributed by atoms with Gasteiger partial charge in [-0.3, -0.25) is 4.98 Å². The molecule has 5 rings (SSSR count). The number of ether oxygens (including phenoxy) is 1. The molecule has 0 saturated carbocycles. The molecule has 0 aliphatic heterocycles. The van der Waals surface area contributed by atoms with Crippen molar-refractivity contribution in [3.05, 3.63) is 81.8 Å². The van der Waals surface area contributed by atoms with E-state index in [9.17, 15) is 0 Å². The second-order valence-electron chi connectivity index (χ2n) is 10.3. The van der Waals surface area contributed by atoms with Crippen LogP contribution >= 0.6 is 22.7 Å². The monoisotopic (exact) mass is 541 g/mol. The third kappa shape index (κ3) is 6.30. The van der Waals surface area contributed by atoms with E-state index in [-0.39, 0.29) is 0 Å². The van der Waals surface area contributed by atoms with Gasteiger partial charge >= 0.3 is 0 Å². The molecule has 0 spiro atoms. The van der Waals surface area contributed by atoms with E-state index >= 15 is 0 Å². The zero-order chi connectivity index (χ0) is 26.3. The maximum absolute atomic E-state index is 6.02. The van der Waals surface area contributed by atoms with Crippen molar-refractivity contribution in [2.45, 2.75) is 78.6 Å². The quantitative estimate of drug-likeness (QED) is 0.166. The van der Waals surface area contributed by atoms with Crippen LogP contribution in [0.25, 0.3) is 32.0 Å². The molecule has 0 bridgehead atoms. The Hall–Kier alpha value is -2.69. The minimum absolute atomic E-state index is 0.815. The highest BCUT2D eigenvalue weighted by Crippen LogP contribution is 2.47. The summed E-state index contributed by atoms with van der Waals surface area (Å²) < 4.78 is 6.02. The first-order valence-corrected chi connectivity index (χ1v) is 15.8. The Bertz CT molecular complexity index is 1360. The summed E-state index contributed by atoms with van der Waals surface area (Å²) in [4.78, 5) is 9.70. The van der Waals surface area contributed by atoms with Crippen molar-refractivity contribution in [3.63, 3.8) is 0 Å². The van der Waals surface area contributed by atoms with Gasteiger partial charge < -0.3 is 4.74 Å². The van der Waals surface area contributed by atoms with Gasteiger partial charge in [-0.2, -0.15) is 0 Å². The van der Waals surface area contributed by atoms with Gasteiger partial charge in [0.15, 0.2) is 0 Å². The van der Waals surface area contributed by atoms with E-state index in [1.165, 1.54) is 80.3 Å². The molecule has 0 N–H and O–H groups in total. The van der Waals surface area contributed by atoms with Crippen molar-refractivity contribution in [1.29, 1.82) is 0 Å². The van der Waals surface area contributed by atoms with Gasteiger partial charge in [0.2, 0.25) is 0 Å². The fraction of sp³-hybridized carbons (Fsp3) is 0.382. The van der Waals surface area contributed by atoms with Gasteiger partial charge in [-0.1, -0.05) is 39.0 Å². The van der Waals surface area contributed by atoms with Crippen molar-refractivity contribution in [2.75, 3.05) is 6.61 Å². The molecule has 4 aromatic rings. The summed E-state index contributed by atoms with van der Waals surface area (Å²) in [5.41, 5.74) is 8.51. The number of benzene rings is 1. The standard InChI is InChI=1S/C34H39NOS2/c1-4-5-6-7-8-9-21-36-28-15-13-26(14-16-28)33-22-31(24(2)37-33)29-11-10-12-30(29)32-23-34(38-25(32)3)27-17-19-35-20-18-27/h13-20,22-23H,4-12,21H2,1-3H3. The third-order valence-electron chi connectivity index (χ3n) is 7.57. The second kappa shape index (κ2) is 12.9. The minimum Gasteiger partial charge on any atom is -0.494 e. The molecular formula is C34H39NOS2. The smallest absolute Gasteiger partial charge is 0.119 e. The SMILES string of the molecule is CCCCCCCCOc1ccc(-c2cc(C3=C(c4cc(-c5ccncc5)sc4C)CCC3)c(C)s2)cc1. The number of hydrogen-bond donors (Lipinski definition) is 0. The molecule has 0 saturated heterocycles. The van der Waals surface area contributed by atoms with Crippen LogP contribution in [0.15, 0.2) is 60.9 Å². The summed E-state index contributed by atoms with van der Waals surface area (Å²) in [6, 6.07) is 17.8. The molecule has 38 heavy (non-hydrogen) atoms. The maximum Gasteiger partial charge on any atom is 0.119 e. The van der Waals surface area contributed by atoms with Crippen molar-refractivity contribution < 1.29 is 4.74 Å². The molecule has 0 atom stereocenters. The van der Waals surface area contributed by atoms with Gasteiger partial charge in [0.05, 0.1) is 6.61 Å². The lowest BCUT2D eigenvalue weighted by Crippen LogP contribution is -1.97. The van der Waals surface area contributed by atoms with Crippen LogP contribution in [0.1, 0.15) is 85.6 Å². The van der Waals surface area contributed by atoms with Gasteiger partial charge in [-0.15, -0.1) is 22.7 Å². The second-order valence-corrected chi connectivity index (χ2v) is 12.9. The topological polar surface area (TPSA) is 22.1 Å². The molecule has 2 nitrogen and oxygen atoms in total. The highest BCUT2D eigenvalue weighted by Gasteiger charge is 2.23. The van der Waals surface area contributed by atoms with E-state index in [1.807, 2.05) is 35.1 Å². The molecule has 1 aromatic carbocycles. The first-order chi connectivity index (χ1) is 18.6. The molecule has 4 heteroatoms. The summed E-state index contributed by atoms with van der Waals surface area (Å²) >= 11 is 3.81. The van der Waals surface area contributed by atoms with E-state index in [2.05, 4.69) is 74.3 Å². The summed E-state index contributed by atoms with van der Waals surface area (Å²) in [6.45, 7) is 7.64. The first-order valence-electron chi connectivity index (χ1n) is 14.2. The Balaban J connectivity index is 1.30. The van der Waals surface area contributed by atoms with Crippen molar-refractivity contribution >= 4 is 33.8 Å². The molecule has 1 aliphatic rings. The van der Waals surface area contributed by atoms with Crippen LogP contribution in [-0.2, 0) is 0 Å². The Morgan fingerprint density at radius 1 is 0.711 bits per heavy atom. The summed E-state index contributed by atoms with van der Waals surface area (Å²) in [5.74, 6) is 0.981. The summed E-state index contributed by atoms with van der Waals surface area (Å²) in [6.07, 6.45) is 15.1. The number of aromatic nitrogens is 1. The number of hydrogen-bond acceptors (Lipinski definition) is 4. The average Bonchev–Trinajstić information content (AvgIpc) is 3.67. The largest absolute Gasteiger partial charge is 0.494 e. The predicted octanol–water partition coefficient (Wildman–Crippen LogP) is 11.0. The van der Waals surface area contributed by atoms with E-state index in [1.54, 1.807) is 11.1 Å². The van der Waals surface area contributed by atoms with Crippen LogP contribution in [0.2, 0.25) is 0 Å². The van der Waals surface area contributed by atoms with Crippen LogP contribution in [0, 0.1) is 13.8 Å². The van der Waals surface area contributed by atoms with E-state index in [0.717, 1.165) is 31.6 Å². The molecule has 0 amide bonds. The van der Waals surface area contributed by atoms with Crippen LogP contribution in [0.3, 0.4) is 0 Å². The first kappa shape index (κ1) is 26.9. The Morgan fingerprint density at radius 3 is 1.87 bits per heavy atom. The zero-order valence-corrected chi connectivity index (χ0v) is 24.6. The van der Waals surface area contributed by atoms with Crippen molar-refractivity contribution in [2.24, 2.45) is 0 Å². The number of thiophene rings is 2. The number of nitrogens with zero attached hydrogens (tertiary/aromatic N) is 1. The number of unbranched alkanes of at least 4 members (excludes halogenated alkanes) is 5. The van der Waals surface area contributed by atoms with Crippen LogP contribution in [0.5, 0.6) is 5.75 Å². The maximum atomic E-state index is 6.02. The summed E-state index contributed by atoms with van der Waals surface area (Å²) in [7, 11) is 0. The highest BCUT2D eigenvalue weighted by atomic mass is 32.1. The zero-order valence-electron chi connectivity index (χ0n) is 23.0. The van der Waals surface area contributed by atoms with Crippen LogP contribution in [0.4, 0.5) is 0 Å². The van der Waals surface area contributed by atoms with Gasteiger partial charge in [0.1, 0.15) is 5.75 Å². The van der Waals surface area contributed by atoms with E-state index in [4.69, 9.17) is 4.74 Å². The molecule has 3 aromatic heterocycles. The minimum atomic E-state index is 0.815. The van der Waals surface area contributed by atoms with Crippen molar-refractivity contribution in [1.82, 2.24) is 4.98 Å². The third-order valence-corrected chi connectivity index (χ3v) is 9.77. The fourth-order valence-electron chi connectivity index (χ4n) is 5.49. The number of pyridine rings is 1. The molecule has 3 heterocycles. The van der Waals surface area contributed by atoms with Gasteiger partial charge in [0.25, 0.3) is 0 Å². The fourth-order valence-corrected chi connectivity index (χ4v) is 7.60. The Labute approximate surface area is 236 Å². The predicted molar refractivity (Wildman–Crippen MR) is 166 cm³/mol. The lowest BCUT2D eigenvalue weighted by Gasteiger charge is -2.08.